The molecule has 0 aromatic carbocycles. The van der Waals surface area contributed by atoms with E-state index in [1.165, 1.54) is 0 Å². The molecule has 2 aromatic rings. The van der Waals surface area contributed by atoms with Crippen LogP contribution in [0, 0.1) is 0 Å². The SMILES string of the molecule is CC(NCCCCn1ccnc1)C(=O)NCc1ccco1. The third-order valence-corrected chi connectivity index (χ3v) is 3.26. The molecule has 0 spiro atoms. The van der Waals surface area contributed by atoms with Crippen LogP contribution in [0.4, 0.5) is 0 Å². The van der Waals surface area contributed by atoms with Gasteiger partial charge in [0.1, 0.15) is 5.76 Å². The molecule has 0 saturated heterocycles. The summed E-state index contributed by atoms with van der Waals surface area (Å²) in [5.41, 5.74) is 0. The van der Waals surface area contributed by atoms with Crippen LogP contribution < -0.4 is 10.6 Å². The van der Waals surface area contributed by atoms with Gasteiger partial charge in [-0.25, -0.2) is 4.98 Å². The van der Waals surface area contributed by atoms with Gasteiger partial charge < -0.3 is 19.6 Å². The van der Waals surface area contributed by atoms with Crippen LogP contribution in [0.2, 0.25) is 0 Å². The van der Waals surface area contributed by atoms with Crippen molar-refractivity contribution in [3.8, 4) is 0 Å². The number of carbonyl (C=O) groups is 1. The first-order valence-electron chi connectivity index (χ1n) is 7.25. The van der Waals surface area contributed by atoms with Gasteiger partial charge in [-0.1, -0.05) is 0 Å². The number of amides is 1. The Balaban J connectivity index is 1.53. The Kier molecular flexibility index (Phi) is 6.02. The second kappa shape index (κ2) is 8.26. The normalized spacial score (nSPS) is 12.2. The van der Waals surface area contributed by atoms with E-state index in [1.54, 1.807) is 12.5 Å². The van der Waals surface area contributed by atoms with Crippen molar-refractivity contribution in [3.63, 3.8) is 0 Å². The van der Waals surface area contributed by atoms with Crippen molar-refractivity contribution in [1.29, 1.82) is 0 Å². The Bertz CT molecular complexity index is 508. The van der Waals surface area contributed by atoms with Gasteiger partial charge >= 0.3 is 0 Å². The average Bonchev–Trinajstić information content (AvgIpc) is 3.17. The highest BCUT2D eigenvalue weighted by molar-refractivity contribution is 5.81. The number of unbranched alkanes of at least 4 members (excludes halogenated alkanes) is 1. The fraction of sp³-hybridized carbons (Fsp3) is 0.467. The minimum Gasteiger partial charge on any atom is -0.467 e. The standard InChI is InChI=1S/C15H22N4O2/c1-13(15(20)18-11-14-5-4-10-21-14)17-6-2-3-8-19-9-7-16-12-19/h4-5,7,9-10,12-13,17H,2-3,6,8,11H2,1H3,(H,18,20). The third kappa shape index (κ3) is 5.43. The molecule has 0 saturated carbocycles. The topological polar surface area (TPSA) is 72.1 Å². The molecule has 114 valence electrons. The molecule has 2 heterocycles. The molecule has 6 heteroatoms. The highest BCUT2D eigenvalue weighted by Gasteiger charge is 2.11. The molecule has 6 nitrogen and oxygen atoms in total. The summed E-state index contributed by atoms with van der Waals surface area (Å²) in [5.74, 6) is 0.747. The fourth-order valence-electron chi connectivity index (χ4n) is 1.99. The van der Waals surface area contributed by atoms with Gasteiger partial charge in [-0.3, -0.25) is 4.79 Å². The van der Waals surface area contributed by atoms with Gasteiger partial charge in [0.05, 0.1) is 25.2 Å². The van der Waals surface area contributed by atoms with E-state index < -0.39 is 0 Å². The predicted octanol–water partition coefficient (Wildman–Crippen LogP) is 1.55. The van der Waals surface area contributed by atoms with Gasteiger partial charge in [-0.2, -0.15) is 0 Å². The van der Waals surface area contributed by atoms with E-state index in [1.807, 2.05) is 31.6 Å². The van der Waals surface area contributed by atoms with Crippen molar-refractivity contribution in [3.05, 3.63) is 42.9 Å². The maximum absolute atomic E-state index is 11.9. The van der Waals surface area contributed by atoms with E-state index in [2.05, 4.69) is 20.2 Å². The van der Waals surface area contributed by atoms with Crippen LogP contribution in [0.1, 0.15) is 25.5 Å². The lowest BCUT2D eigenvalue weighted by Gasteiger charge is -2.13. The monoisotopic (exact) mass is 290 g/mol. The summed E-state index contributed by atoms with van der Waals surface area (Å²) in [4.78, 5) is 15.9. The van der Waals surface area contributed by atoms with E-state index in [9.17, 15) is 4.79 Å². The molecule has 0 aliphatic carbocycles. The minimum atomic E-state index is -0.201. The highest BCUT2D eigenvalue weighted by atomic mass is 16.3. The van der Waals surface area contributed by atoms with Crippen molar-refractivity contribution in [2.75, 3.05) is 6.54 Å². The molecule has 0 aliphatic rings. The molecule has 1 unspecified atom stereocenters. The number of imidazole rings is 1. The summed E-state index contributed by atoms with van der Waals surface area (Å²) in [7, 11) is 0. The van der Waals surface area contributed by atoms with E-state index in [-0.39, 0.29) is 11.9 Å². The van der Waals surface area contributed by atoms with Gasteiger partial charge in [-0.15, -0.1) is 0 Å². The minimum absolute atomic E-state index is 0.0130. The van der Waals surface area contributed by atoms with Crippen LogP contribution in [0.15, 0.2) is 41.5 Å². The molecule has 1 atom stereocenters. The number of carbonyl (C=O) groups excluding carboxylic acids is 1. The molecular formula is C15H22N4O2. The molecule has 0 radical (unpaired) electrons. The highest BCUT2D eigenvalue weighted by Crippen LogP contribution is 1.99. The van der Waals surface area contributed by atoms with Gasteiger partial charge in [-0.05, 0) is 38.4 Å². The first-order valence-corrected chi connectivity index (χ1v) is 7.25. The fourth-order valence-corrected chi connectivity index (χ4v) is 1.99. The molecular weight excluding hydrogens is 268 g/mol. The number of hydrogen-bond donors (Lipinski definition) is 2. The molecule has 21 heavy (non-hydrogen) atoms. The first-order chi connectivity index (χ1) is 10.3. The third-order valence-electron chi connectivity index (χ3n) is 3.26. The Morgan fingerprint density at radius 2 is 2.38 bits per heavy atom. The van der Waals surface area contributed by atoms with Crippen molar-refractivity contribution >= 4 is 5.91 Å². The number of nitrogens with zero attached hydrogens (tertiary/aromatic N) is 2. The molecule has 2 rings (SSSR count). The Hall–Kier alpha value is -2.08. The van der Waals surface area contributed by atoms with E-state index in [0.29, 0.717) is 6.54 Å². The van der Waals surface area contributed by atoms with Crippen molar-refractivity contribution in [2.24, 2.45) is 0 Å². The number of aryl methyl sites for hydroxylation is 1. The van der Waals surface area contributed by atoms with Crippen molar-refractivity contribution in [2.45, 2.75) is 38.9 Å². The summed E-state index contributed by atoms with van der Waals surface area (Å²) in [6, 6.07) is 3.45. The van der Waals surface area contributed by atoms with Gasteiger partial charge in [0, 0.05) is 18.9 Å². The maximum Gasteiger partial charge on any atom is 0.237 e. The molecule has 0 fully saturated rings. The summed E-state index contributed by atoms with van der Waals surface area (Å²) < 4.78 is 7.22. The molecule has 1 amide bonds. The zero-order valence-electron chi connectivity index (χ0n) is 12.3. The summed E-state index contributed by atoms with van der Waals surface area (Å²) in [6.07, 6.45) is 9.24. The quantitative estimate of drug-likeness (QED) is 0.687. The predicted molar refractivity (Wildman–Crippen MR) is 79.5 cm³/mol. The number of rotatable bonds is 9. The number of hydrogen-bond acceptors (Lipinski definition) is 4. The zero-order chi connectivity index (χ0) is 14.9. The van der Waals surface area contributed by atoms with Crippen LogP contribution in [-0.2, 0) is 17.9 Å². The zero-order valence-corrected chi connectivity index (χ0v) is 12.3. The van der Waals surface area contributed by atoms with Crippen LogP contribution in [0.25, 0.3) is 0 Å². The van der Waals surface area contributed by atoms with Gasteiger partial charge in [0.15, 0.2) is 0 Å². The van der Waals surface area contributed by atoms with Crippen molar-refractivity contribution in [1.82, 2.24) is 20.2 Å². The number of aromatic nitrogens is 2. The summed E-state index contributed by atoms with van der Waals surface area (Å²) >= 11 is 0. The van der Waals surface area contributed by atoms with E-state index in [4.69, 9.17) is 4.42 Å². The number of nitrogens with one attached hydrogen (secondary N) is 2. The van der Waals surface area contributed by atoms with Crippen LogP contribution in [0.3, 0.4) is 0 Å². The average molecular weight is 290 g/mol. The van der Waals surface area contributed by atoms with Gasteiger partial charge in [0.25, 0.3) is 0 Å². The maximum atomic E-state index is 11.9. The largest absolute Gasteiger partial charge is 0.467 e. The first kappa shape index (κ1) is 15.3. The van der Waals surface area contributed by atoms with Crippen molar-refractivity contribution < 1.29 is 9.21 Å². The second-order valence-electron chi connectivity index (χ2n) is 4.98. The molecule has 2 N–H and O–H groups in total. The molecule has 0 aliphatic heterocycles. The lowest BCUT2D eigenvalue weighted by Crippen LogP contribution is -2.42. The van der Waals surface area contributed by atoms with Gasteiger partial charge in [0.2, 0.25) is 5.91 Å². The Morgan fingerprint density at radius 1 is 1.48 bits per heavy atom. The second-order valence-corrected chi connectivity index (χ2v) is 4.98. The molecule has 0 bridgehead atoms. The molecule has 2 aromatic heterocycles. The lowest BCUT2D eigenvalue weighted by molar-refractivity contribution is -0.123. The summed E-state index contributed by atoms with van der Waals surface area (Å²) in [5, 5.41) is 6.07. The lowest BCUT2D eigenvalue weighted by atomic mass is 10.2. The smallest absolute Gasteiger partial charge is 0.237 e. The van der Waals surface area contributed by atoms with Crippen LogP contribution >= 0.6 is 0 Å². The van der Waals surface area contributed by atoms with Crippen LogP contribution in [-0.4, -0.2) is 28.0 Å². The van der Waals surface area contributed by atoms with E-state index >= 15 is 0 Å². The Labute approximate surface area is 124 Å². The van der Waals surface area contributed by atoms with Crippen LogP contribution in [0.5, 0.6) is 0 Å². The van der Waals surface area contributed by atoms with E-state index in [0.717, 1.165) is 31.7 Å². The number of furan rings is 1. The summed E-state index contributed by atoms with van der Waals surface area (Å²) in [6.45, 7) is 4.08. The Morgan fingerprint density at radius 3 is 3.10 bits per heavy atom.